The standard InChI is InChI=1S/C8H7N3O5S/c1-16-7-3-2-5(4-6(7)8(12)13)17(14,15)11-10-9/h2-4H,1H3,(H,12,13). The van der Waals surface area contributed by atoms with Crippen molar-refractivity contribution in [3.05, 3.63) is 34.2 Å². The molecule has 1 aromatic carbocycles. The van der Waals surface area contributed by atoms with Gasteiger partial charge in [-0.25, -0.2) is 13.2 Å². The predicted molar refractivity (Wildman–Crippen MR) is 56.3 cm³/mol. The van der Waals surface area contributed by atoms with Crippen LogP contribution in [0, 0.1) is 0 Å². The van der Waals surface area contributed by atoms with Gasteiger partial charge >= 0.3 is 5.97 Å². The molecule has 0 aliphatic carbocycles. The average Bonchev–Trinajstić information content (AvgIpc) is 2.28. The number of carbonyl (C=O) groups is 1. The first-order valence-corrected chi connectivity index (χ1v) is 5.59. The molecule has 0 saturated heterocycles. The highest BCUT2D eigenvalue weighted by Gasteiger charge is 2.18. The number of carboxylic acids is 1. The summed E-state index contributed by atoms with van der Waals surface area (Å²) in [4.78, 5) is 12.6. The number of hydrogen-bond acceptors (Lipinski definition) is 4. The Hall–Kier alpha value is -2.25. The molecule has 0 aliphatic rings. The third-order valence-corrected chi connectivity index (χ3v) is 2.98. The van der Waals surface area contributed by atoms with Crippen molar-refractivity contribution in [1.29, 1.82) is 0 Å². The fraction of sp³-hybridized carbons (Fsp3) is 0.125. The van der Waals surface area contributed by atoms with Crippen LogP contribution in [0.5, 0.6) is 5.75 Å². The molecule has 0 saturated carbocycles. The predicted octanol–water partition coefficient (Wildman–Crippen LogP) is 1.39. The second-order valence-electron chi connectivity index (χ2n) is 2.81. The molecule has 0 aromatic heterocycles. The van der Waals surface area contributed by atoms with Gasteiger partial charge in [-0.1, -0.05) is 0 Å². The van der Waals surface area contributed by atoms with Crippen molar-refractivity contribution in [3.63, 3.8) is 0 Å². The van der Waals surface area contributed by atoms with Crippen LogP contribution in [0.4, 0.5) is 0 Å². The molecular formula is C8H7N3O5S. The SMILES string of the molecule is COc1ccc(S(=O)(=O)N=[N+]=[N-])cc1C(=O)O. The third-order valence-electron chi connectivity index (χ3n) is 1.84. The van der Waals surface area contributed by atoms with Crippen molar-refractivity contribution in [3.8, 4) is 5.75 Å². The maximum absolute atomic E-state index is 11.4. The molecule has 1 N–H and O–H groups in total. The summed E-state index contributed by atoms with van der Waals surface area (Å²) in [6.45, 7) is 0. The van der Waals surface area contributed by atoms with E-state index in [-0.39, 0.29) is 11.3 Å². The molecule has 1 aromatic rings. The van der Waals surface area contributed by atoms with Crippen LogP contribution in [-0.4, -0.2) is 26.6 Å². The number of carboxylic acid groups (broad SMARTS) is 1. The molecule has 0 unspecified atom stereocenters. The summed E-state index contributed by atoms with van der Waals surface area (Å²) in [5.74, 6) is -1.34. The zero-order valence-corrected chi connectivity index (χ0v) is 9.38. The zero-order chi connectivity index (χ0) is 13.1. The van der Waals surface area contributed by atoms with Gasteiger partial charge in [0.1, 0.15) is 11.3 Å². The fourth-order valence-electron chi connectivity index (χ4n) is 1.11. The lowest BCUT2D eigenvalue weighted by Gasteiger charge is -2.05. The molecule has 90 valence electrons. The van der Waals surface area contributed by atoms with E-state index < -0.39 is 20.9 Å². The molecule has 0 amide bonds. The fourth-order valence-corrected chi connectivity index (χ4v) is 1.81. The van der Waals surface area contributed by atoms with Gasteiger partial charge in [-0.05, 0) is 23.7 Å². The van der Waals surface area contributed by atoms with E-state index in [1.54, 1.807) is 0 Å². The number of methoxy groups -OCH3 is 1. The van der Waals surface area contributed by atoms with Gasteiger partial charge in [-0.15, -0.1) is 0 Å². The van der Waals surface area contributed by atoms with Crippen molar-refractivity contribution in [2.45, 2.75) is 4.90 Å². The molecule has 0 heterocycles. The molecule has 0 aliphatic heterocycles. The molecule has 0 bridgehead atoms. The van der Waals surface area contributed by atoms with Crippen molar-refractivity contribution >= 4 is 16.0 Å². The lowest BCUT2D eigenvalue weighted by Crippen LogP contribution is -2.03. The highest BCUT2D eigenvalue weighted by Crippen LogP contribution is 2.23. The van der Waals surface area contributed by atoms with E-state index in [2.05, 4.69) is 9.43 Å². The Morgan fingerprint density at radius 2 is 2.18 bits per heavy atom. The Balaban J connectivity index is 3.46. The van der Waals surface area contributed by atoms with Gasteiger partial charge in [0, 0.05) is 9.43 Å². The summed E-state index contributed by atoms with van der Waals surface area (Å²) in [6.07, 6.45) is 0. The Labute approximate surface area is 96.1 Å². The molecular weight excluding hydrogens is 250 g/mol. The van der Waals surface area contributed by atoms with Crippen LogP contribution in [0.2, 0.25) is 0 Å². The van der Waals surface area contributed by atoms with E-state index in [9.17, 15) is 13.2 Å². The molecule has 0 spiro atoms. The van der Waals surface area contributed by atoms with E-state index in [0.29, 0.717) is 0 Å². The summed E-state index contributed by atoms with van der Waals surface area (Å²) in [5, 5.41) is 8.84. The van der Waals surface area contributed by atoms with E-state index >= 15 is 0 Å². The number of hydrogen-bond donors (Lipinski definition) is 1. The van der Waals surface area contributed by atoms with Gasteiger partial charge in [0.2, 0.25) is 0 Å². The summed E-state index contributed by atoms with van der Waals surface area (Å²) >= 11 is 0. The van der Waals surface area contributed by atoms with Crippen LogP contribution in [0.1, 0.15) is 10.4 Å². The molecule has 8 nitrogen and oxygen atoms in total. The summed E-state index contributed by atoms with van der Waals surface area (Å²) in [5.41, 5.74) is 7.75. The van der Waals surface area contributed by atoms with Gasteiger partial charge in [-0.2, -0.15) is 0 Å². The highest BCUT2D eigenvalue weighted by atomic mass is 32.2. The van der Waals surface area contributed by atoms with Gasteiger partial charge in [-0.3, -0.25) is 0 Å². The van der Waals surface area contributed by atoms with E-state index in [1.807, 2.05) is 0 Å². The summed E-state index contributed by atoms with van der Waals surface area (Å²) in [7, 11) is -2.95. The number of azide groups is 1. The van der Waals surface area contributed by atoms with E-state index in [0.717, 1.165) is 12.1 Å². The van der Waals surface area contributed by atoms with Gasteiger partial charge < -0.3 is 9.84 Å². The zero-order valence-electron chi connectivity index (χ0n) is 8.56. The minimum Gasteiger partial charge on any atom is -0.496 e. The monoisotopic (exact) mass is 257 g/mol. The first kappa shape index (κ1) is 12.8. The summed E-state index contributed by atoms with van der Waals surface area (Å²) < 4.78 is 30.1. The van der Waals surface area contributed by atoms with Crippen molar-refractivity contribution in [2.24, 2.45) is 4.52 Å². The first-order chi connectivity index (χ1) is 7.92. The quantitative estimate of drug-likeness (QED) is 0.494. The number of aromatic carboxylic acids is 1. The Bertz CT molecular complexity index is 604. The van der Waals surface area contributed by atoms with Crippen molar-refractivity contribution < 1.29 is 23.1 Å². The van der Waals surface area contributed by atoms with Crippen molar-refractivity contribution in [1.82, 2.24) is 0 Å². The number of ether oxygens (including phenoxy) is 1. The molecule has 0 atom stereocenters. The lowest BCUT2D eigenvalue weighted by molar-refractivity contribution is 0.0693. The first-order valence-electron chi connectivity index (χ1n) is 4.15. The van der Waals surface area contributed by atoms with Crippen LogP contribution in [0.25, 0.3) is 10.4 Å². The normalized spacial score (nSPS) is 10.4. The second kappa shape index (κ2) is 4.73. The van der Waals surface area contributed by atoms with Gasteiger partial charge in [0.15, 0.2) is 0 Å². The van der Waals surface area contributed by atoms with E-state index in [1.165, 1.54) is 13.2 Å². The van der Waals surface area contributed by atoms with Crippen LogP contribution < -0.4 is 4.74 Å². The topological polar surface area (TPSA) is 129 Å². The molecule has 0 fully saturated rings. The average molecular weight is 257 g/mol. The molecule has 1 rings (SSSR count). The van der Waals surface area contributed by atoms with Crippen LogP contribution >= 0.6 is 0 Å². The third kappa shape index (κ3) is 2.65. The molecule has 0 radical (unpaired) electrons. The van der Waals surface area contributed by atoms with Crippen LogP contribution in [-0.2, 0) is 10.0 Å². The maximum atomic E-state index is 11.4. The lowest BCUT2D eigenvalue weighted by atomic mass is 10.2. The van der Waals surface area contributed by atoms with Crippen LogP contribution in [0.15, 0.2) is 27.6 Å². The highest BCUT2D eigenvalue weighted by molar-refractivity contribution is 7.90. The number of rotatable bonds is 4. The van der Waals surface area contributed by atoms with Crippen LogP contribution in [0.3, 0.4) is 0 Å². The largest absolute Gasteiger partial charge is 0.496 e. The van der Waals surface area contributed by atoms with Gasteiger partial charge in [0.05, 0.1) is 12.0 Å². The summed E-state index contributed by atoms with van der Waals surface area (Å²) in [6, 6.07) is 3.13. The van der Waals surface area contributed by atoms with Crippen molar-refractivity contribution in [2.75, 3.05) is 7.11 Å². The minimum atomic E-state index is -4.20. The Kier molecular flexibility index (Phi) is 3.56. The Morgan fingerprint density at radius 1 is 1.53 bits per heavy atom. The minimum absolute atomic E-state index is 0.0115. The molecule has 9 heteroatoms. The number of nitrogens with zero attached hydrogens (tertiary/aromatic N) is 3. The molecule has 17 heavy (non-hydrogen) atoms. The van der Waals surface area contributed by atoms with E-state index in [4.69, 9.17) is 15.4 Å². The smallest absolute Gasteiger partial charge is 0.339 e. The second-order valence-corrected chi connectivity index (χ2v) is 4.40. The van der Waals surface area contributed by atoms with Gasteiger partial charge in [0.25, 0.3) is 10.0 Å². The number of sulfonamides is 1. The Morgan fingerprint density at radius 3 is 2.65 bits per heavy atom. The number of benzene rings is 1. The maximum Gasteiger partial charge on any atom is 0.339 e.